The summed E-state index contributed by atoms with van der Waals surface area (Å²) in [4.78, 5) is 18.2. The zero-order valence-corrected chi connectivity index (χ0v) is 10.1. The van der Waals surface area contributed by atoms with Crippen molar-refractivity contribution < 1.29 is 9.53 Å². The van der Waals surface area contributed by atoms with Gasteiger partial charge in [-0.2, -0.15) is 0 Å². The Morgan fingerprint density at radius 3 is 2.65 bits per heavy atom. The van der Waals surface area contributed by atoms with Crippen LogP contribution >= 0.6 is 0 Å². The molecule has 2 rings (SSSR count). The van der Waals surface area contributed by atoms with Gasteiger partial charge in [-0.15, -0.1) is 0 Å². The number of nitrogen functional groups attached to an aromatic ring is 1. The normalized spacial score (nSPS) is 24.7. The molecule has 0 unspecified atom stereocenters. The zero-order chi connectivity index (χ0) is 12.4. The predicted molar refractivity (Wildman–Crippen MR) is 64.6 cm³/mol. The molecule has 17 heavy (non-hydrogen) atoms. The van der Waals surface area contributed by atoms with Gasteiger partial charge in [0.2, 0.25) is 0 Å². The first-order valence-electron chi connectivity index (χ1n) is 5.72. The highest BCUT2D eigenvalue weighted by Crippen LogP contribution is 2.16. The summed E-state index contributed by atoms with van der Waals surface area (Å²) in [6.45, 7) is 5.08. The van der Waals surface area contributed by atoms with Crippen LogP contribution in [0.4, 0.5) is 5.82 Å². The second-order valence-corrected chi connectivity index (χ2v) is 4.40. The van der Waals surface area contributed by atoms with Crippen LogP contribution in [0.25, 0.3) is 0 Å². The summed E-state index contributed by atoms with van der Waals surface area (Å²) in [6.07, 6.45) is 0. The van der Waals surface area contributed by atoms with Crippen molar-refractivity contribution in [3.63, 3.8) is 0 Å². The molecule has 1 aliphatic heterocycles. The smallest absolute Gasteiger partial charge is 0.273 e. The molecule has 2 N–H and O–H groups in total. The first kappa shape index (κ1) is 11.9. The first-order valence-corrected chi connectivity index (χ1v) is 5.72. The molecule has 0 saturated carbocycles. The van der Waals surface area contributed by atoms with Crippen LogP contribution in [0.15, 0.2) is 18.2 Å². The number of nitrogens with zero attached hydrogens (tertiary/aromatic N) is 2. The Morgan fingerprint density at radius 1 is 1.41 bits per heavy atom. The van der Waals surface area contributed by atoms with Crippen molar-refractivity contribution in [1.82, 2.24) is 9.88 Å². The van der Waals surface area contributed by atoms with E-state index in [0.29, 0.717) is 24.7 Å². The van der Waals surface area contributed by atoms with Crippen LogP contribution in [-0.2, 0) is 4.74 Å². The maximum Gasteiger partial charge on any atom is 0.273 e. The van der Waals surface area contributed by atoms with E-state index in [0.717, 1.165) is 0 Å². The van der Waals surface area contributed by atoms with Gasteiger partial charge in [-0.3, -0.25) is 4.79 Å². The topological polar surface area (TPSA) is 68.5 Å². The number of ether oxygens (including phenoxy) is 1. The lowest BCUT2D eigenvalue weighted by Gasteiger charge is -2.38. The third-order valence-corrected chi connectivity index (χ3v) is 2.89. The summed E-state index contributed by atoms with van der Waals surface area (Å²) < 4.78 is 5.40. The number of aromatic nitrogens is 1. The molecular formula is C12H17N3O2. The Morgan fingerprint density at radius 2 is 2.06 bits per heavy atom. The molecule has 0 spiro atoms. The third kappa shape index (κ3) is 2.39. The standard InChI is InChI=1S/C12H17N3O2/c1-8-6-17-7-9(2)15(8)12(16)10-4-3-5-11(13)14-10/h3-5,8-9H,6-7H2,1-2H3,(H2,13,14)/t8-,9+. The average molecular weight is 235 g/mol. The van der Waals surface area contributed by atoms with Gasteiger partial charge in [0.25, 0.3) is 5.91 Å². The first-order chi connectivity index (χ1) is 8.09. The van der Waals surface area contributed by atoms with Crippen molar-refractivity contribution in [3.05, 3.63) is 23.9 Å². The van der Waals surface area contributed by atoms with Gasteiger partial charge in [0.05, 0.1) is 25.3 Å². The molecule has 0 aliphatic carbocycles. The lowest BCUT2D eigenvalue weighted by molar-refractivity contribution is -0.0252. The molecule has 1 aliphatic rings. The molecule has 1 aromatic rings. The second-order valence-electron chi connectivity index (χ2n) is 4.40. The van der Waals surface area contributed by atoms with Gasteiger partial charge in [0.1, 0.15) is 11.5 Å². The molecule has 1 amide bonds. The van der Waals surface area contributed by atoms with Crippen molar-refractivity contribution in [2.75, 3.05) is 18.9 Å². The number of carbonyl (C=O) groups is 1. The SMILES string of the molecule is C[C@@H]1COC[C@H](C)N1C(=O)c1cccc(N)n1. The van der Waals surface area contributed by atoms with E-state index >= 15 is 0 Å². The summed E-state index contributed by atoms with van der Waals surface area (Å²) in [5, 5.41) is 0. The van der Waals surface area contributed by atoms with Gasteiger partial charge in [-0.05, 0) is 26.0 Å². The summed E-state index contributed by atoms with van der Waals surface area (Å²) in [6, 6.07) is 5.23. The summed E-state index contributed by atoms with van der Waals surface area (Å²) in [5.74, 6) is 0.282. The van der Waals surface area contributed by atoms with E-state index in [2.05, 4.69) is 4.98 Å². The molecule has 5 heteroatoms. The van der Waals surface area contributed by atoms with E-state index in [1.165, 1.54) is 0 Å². The molecule has 1 saturated heterocycles. The van der Waals surface area contributed by atoms with Gasteiger partial charge in [0.15, 0.2) is 0 Å². The van der Waals surface area contributed by atoms with E-state index < -0.39 is 0 Å². The Bertz CT molecular complexity index is 412. The molecule has 1 fully saturated rings. The number of hydrogen-bond acceptors (Lipinski definition) is 4. The molecule has 0 radical (unpaired) electrons. The van der Waals surface area contributed by atoms with Gasteiger partial charge >= 0.3 is 0 Å². The molecule has 1 aromatic heterocycles. The maximum absolute atomic E-state index is 12.3. The maximum atomic E-state index is 12.3. The highest BCUT2D eigenvalue weighted by molar-refractivity contribution is 5.93. The number of nitrogens with two attached hydrogens (primary N) is 1. The van der Waals surface area contributed by atoms with Crippen molar-refractivity contribution in [2.24, 2.45) is 0 Å². The molecule has 0 aromatic carbocycles. The molecule has 2 heterocycles. The lowest BCUT2D eigenvalue weighted by Crippen LogP contribution is -2.52. The zero-order valence-electron chi connectivity index (χ0n) is 10.1. The molecule has 5 nitrogen and oxygen atoms in total. The van der Waals surface area contributed by atoms with Crippen LogP contribution in [0, 0.1) is 0 Å². The average Bonchev–Trinajstić information content (AvgIpc) is 2.28. The van der Waals surface area contributed by atoms with Crippen LogP contribution in [0.1, 0.15) is 24.3 Å². The van der Waals surface area contributed by atoms with Crippen LogP contribution < -0.4 is 5.73 Å². The predicted octanol–water partition coefficient (Wildman–Crippen LogP) is 0.913. The van der Waals surface area contributed by atoms with E-state index in [4.69, 9.17) is 10.5 Å². The molecule has 92 valence electrons. The van der Waals surface area contributed by atoms with Crippen molar-refractivity contribution in [1.29, 1.82) is 0 Å². The van der Waals surface area contributed by atoms with Gasteiger partial charge in [-0.25, -0.2) is 4.98 Å². The monoisotopic (exact) mass is 235 g/mol. The number of pyridine rings is 1. The highest BCUT2D eigenvalue weighted by Gasteiger charge is 2.30. The minimum atomic E-state index is -0.0828. The van der Waals surface area contributed by atoms with Crippen molar-refractivity contribution in [2.45, 2.75) is 25.9 Å². The molecule has 2 atom stereocenters. The highest BCUT2D eigenvalue weighted by atomic mass is 16.5. The van der Waals surface area contributed by atoms with E-state index in [1.54, 1.807) is 18.2 Å². The Kier molecular flexibility index (Phi) is 3.28. The summed E-state index contributed by atoms with van der Waals surface area (Å²) in [7, 11) is 0. The van der Waals surface area contributed by atoms with Gasteiger partial charge < -0.3 is 15.4 Å². The minimum absolute atomic E-state index is 0.0643. The minimum Gasteiger partial charge on any atom is -0.384 e. The number of rotatable bonds is 1. The fraction of sp³-hybridized carbons (Fsp3) is 0.500. The number of carbonyl (C=O) groups excluding carboxylic acids is 1. The Hall–Kier alpha value is -1.62. The quantitative estimate of drug-likeness (QED) is 0.785. The van der Waals surface area contributed by atoms with E-state index in [1.807, 2.05) is 18.7 Å². The Labute approximate surface area is 101 Å². The van der Waals surface area contributed by atoms with Crippen LogP contribution in [0.5, 0.6) is 0 Å². The van der Waals surface area contributed by atoms with Crippen LogP contribution in [-0.4, -0.2) is 41.1 Å². The molecular weight excluding hydrogens is 218 g/mol. The fourth-order valence-corrected chi connectivity index (χ4v) is 2.11. The summed E-state index contributed by atoms with van der Waals surface area (Å²) >= 11 is 0. The third-order valence-electron chi connectivity index (χ3n) is 2.89. The summed E-state index contributed by atoms with van der Waals surface area (Å²) in [5.41, 5.74) is 5.98. The van der Waals surface area contributed by atoms with E-state index in [-0.39, 0.29) is 18.0 Å². The van der Waals surface area contributed by atoms with E-state index in [9.17, 15) is 4.79 Å². The number of morpholine rings is 1. The van der Waals surface area contributed by atoms with Gasteiger partial charge in [-0.1, -0.05) is 6.07 Å². The second kappa shape index (κ2) is 4.71. The lowest BCUT2D eigenvalue weighted by atomic mass is 10.1. The molecule has 0 bridgehead atoms. The fourth-order valence-electron chi connectivity index (χ4n) is 2.11. The van der Waals surface area contributed by atoms with Crippen LogP contribution in [0.3, 0.4) is 0 Å². The van der Waals surface area contributed by atoms with Gasteiger partial charge in [0, 0.05) is 0 Å². The number of hydrogen-bond donors (Lipinski definition) is 1. The largest absolute Gasteiger partial charge is 0.384 e. The number of amides is 1. The van der Waals surface area contributed by atoms with Crippen molar-refractivity contribution in [3.8, 4) is 0 Å². The van der Waals surface area contributed by atoms with Crippen LogP contribution in [0.2, 0.25) is 0 Å². The van der Waals surface area contributed by atoms with Crippen molar-refractivity contribution >= 4 is 11.7 Å². The Balaban J connectivity index is 2.24. The number of anilines is 1.